The third-order valence-electron chi connectivity index (χ3n) is 2.16. The smallest absolute Gasteiger partial charge is 0.339 e. The van der Waals surface area contributed by atoms with Crippen LogP contribution in [0.3, 0.4) is 0 Å². The highest BCUT2D eigenvalue weighted by Gasteiger charge is 2.15. The average Bonchev–Trinajstić information content (AvgIpc) is 2.27. The van der Waals surface area contributed by atoms with E-state index in [9.17, 15) is 4.79 Å². The maximum atomic E-state index is 11.3. The molecule has 78 valence electrons. The summed E-state index contributed by atoms with van der Waals surface area (Å²) < 4.78 is 4.58. The standard InChI is InChI=1S/C11H11NO2S/c1-3-7-4-5-8(11(13)14-2)9(6-12)10(7)15/h4-5,15H,3H2,1-2H3. The summed E-state index contributed by atoms with van der Waals surface area (Å²) in [5.74, 6) is -0.510. The van der Waals surface area contributed by atoms with Crippen molar-refractivity contribution in [1.29, 1.82) is 5.26 Å². The second kappa shape index (κ2) is 4.85. The molecule has 0 fully saturated rings. The zero-order chi connectivity index (χ0) is 11.4. The molecule has 0 heterocycles. The normalized spacial score (nSPS) is 9.47. The first kappa shape index (κ1) is 11.6. The van der Waals surface area contributed by atoms with Gasteiger partial charge in [0.1, 0.15) is 6.07 Å². The van der Waals surface area contributed by atoms with E-state index in [1.807, 2.05) is 13.0 Å². The summed E-state index contributed by atoms with van der Waals surface area (Å²) in [4.78, 5) is 11.9. The fourth-order valence-electron chi connectivity index (χ4n) is 1.31. The molecule has 3 nitrogen and oxygen atoms in total. The van der Waals surface area contributed by atoms with Gasteiger partial charge in [0.2, 0.25) is 0 Å². The van der Waals surface area contributed by atoms with Gasteiger partial charge in [-0.2, -0.15) is 5.26 Å². The Labute approximate surface area is 94.1 Å². The number of carbonyl (C=O) groups excluding carboxylic acids is 1. The molecule has 0 aliphatic carbocycles. The Morgan fingerprint density at radius 1 is 1.60 bits per heavy atom. The zero-order valence-corrected chi connectivity index (χ0v) is 9.47. The molecule has 15 heavy (non-hydrogen) atoms. The van der Waals surface area contributed by atoms with Crippen molar-refractivity contribution in [2.45, 2.75) is 18.2 Å². The lowest BCUT2D eigenvalue weighted by molar-refractivity contribution is 0.0600. The summed E-state index contributed by atoms with van der Waals surface area (Å²) in [5, 5.41) is 8.96. The topological polar surface area (TPSA) is 50.1 Å². The zero-order valence-electron chi connectivity index (χ0n) is 8.57. The Kier molecular flexibility index (Phi) is 3.75. The van der Waals surface area contributed by atoms with E-state index < -0.39 is 5.97 Å². The van der Waals surface area contributed by atoms with Crippen LogP contribution in [0.1, 0.15) is 28.4 Å². The van der Waals surface area contributed by atoms with Gasteiger partial charge < -0.3 is 4.74 Å². The Morgan fingerprint density at radius 3 is 2.73 bits per heavy atom. The van der Waals surface area contributed by atoms with Crippen LogP contribution in [0.5, 0.6) is 0 Å². The number of esters is 1. The van der Waals surface area contributed by atoms with Gasteiger partial charge in [-0.3, -0.25) is 0 Å². The third kappa shape index (κ3) is 2.13. The first-order chi connectivity index (χ1) is 7.15. The molecule has 0 atom stereocenters. The van der Waals surface area contributed by atoms with Crippen molar-refractivity contribution in [3.8, 4) is 6.07 Å². The Hall–Kier alpha value is -1.47. The minimum Gasteiger partial charge on any atom is -0.465 e. The van der Waals surface area contributed by atoms with Crippen molar-refractivity contribution in [2.75, 3.05) is 7.11 Å². The number of thiol groups is 1. The predicted molar refractivity (Wildman–Crippen MR) is 59.1 cm³/mol. The lowest BCUT2D eigenvalue weighted by Gasteiger charge is -2.07. The van der Waals surface area contributed by atoms with E-state index in [2.05, 4.69) is 17.4 Å². The number of benzene rings is 1. The van der Waals surface area contributed by atoms with E-state index in [4.69, 9.17) is 5.26 Å². The third-order valence-corrected chi connectivity index (χ3v) is 2.67. The molecule has 0 amide bonds. The lowest BCUT2D eigenvalue weighted by Crippen LogP contribution is -2.05. The number of rotatable bonds is 2. The molecule has 0 unspecified atom stereocenters. The van der Waals surface area contributed by atoms with Gasteiger partial charge in [0.25, 0.3) is 0 Å². The molecule has 1 aromatic carbocycles. The molecule has 4 heteroatoms. The lowest BCUT2D eigenvalue weighted by atomic mass is 10.0. The number of nitrogens with zero attached hydrogens (tertiary/aromatic N) is 1. The van der Waals surface area contributed by atoms with Gasteiger partial charge in [-0.25, -0.2) is 4.79 Å². The summed E-state index contributed by atoms with van der Waals surface area (Å²) in [6.45, 7) is 1.97. The molecular weight excluding hydrogens is 210 g/mol. The first-order valence-electron chi connectivity index (χ1n) is 4.49. The number of nitriles is 1. The molecule has 1 aromatic rings. The monoisotopic (exact) mass is 221 g/mol. The van der Waals surface area contributed by atoms with Gasteiger partial charge in [0.15, 0.2) is 0 Å². The van der Waals surface area contributed by atoms with Gasteiger partial charge in [-0.15, -0.1) is 12.6 Å². The molecule has 0 aromatic heterocycles. The molecule has 0 aliphatic heterocycles. The SMILES string of the molecule is CCc1ccc(C(=O)OC)c(C#N)c1S. The summed E-state index contributed by atoms with van der Waals surface area (Å²) in [5.41, 5.74) is 1.49. The Bertz CT molecular complexity index is 435. The van der Waals surface area contributed by atoms with E-state index in [0.717, 1.165) is 12.0 Å². The molecule has 0 spiro atoms. The summed E-state index contributed by atoms with van der Waals surface area (Å²) in [6.07, 6.45) is 0.773. The minimum absolute atomic E-state index is 0.266. The number of ether oxygens (including phenoxy) is 1. The molecule has 0 saturated heterocycles. The van der Waals surface area contributed by atoms with Gasteiger partial charge in [0.05, 0.1) is 18.2 Å². The van der Waals surface area contributed by atoms with E-state index in [-0.39, 0.29) is 11.1 Å². The Morgan fingerprint density at radius 2 is 2.27 bits per heavy atom. The van der Waals surface area contributed by atoms with E-state index in [1.54, 1.807) is 12.1 Å². The highest BCUT2D eigenvalue weighted by molar-refractivity contribution is 7.80. The van der Waals surface area contributed by atoms with Crippen molar-refractivity contribution in [1.82, 2.24) is 0 Å². The number of carbonyl (C=O) groups is 1. The quantitative estimate of drug-likeness (QED) is 0.615. The first-order valence-corrected chi connectivity index (χ1v) is 4.93. The van der Waals surface area contributed by atoms with E-state index >= 15 is 0 Å². The van der Waals surface area contributed by atoms with Crippen molar-refractivity contribution < 1.29 is 9.53 Å². The number of aryl methyl sites for hydroxylation is 1. The molecule has 0 bridgehead atoms. The van der Waals surface area contributed by atoms with Crippen LogP contribution in [0.2, 0.25) is 0 Å². The maximum absolute atomic E-state index is 11.3. The molecular formula is C11H11NO2S. The van der Waals surface area contributed by atoms with Gasteiger partial charge in [-0.05, 0) is 18.1 Å². The number of hydrogen-bond donors (Lipinski definition) is 1. The highest BCUT2D eigenvalue weighted by atomic mass is 32.1. The molecule has 1 rings (SSSR count). The summed E-state index contributed by atoms with van der Waals surface area (Å²) >= 11 is 4.24. The summed E-state index contributed by atoms with van der Waals surface area (Å²) in [7, 11) is 1.29. The van der Waals surface area contributed by atoms with Crippen LogP contribution in [0.15, 0.2) is 17.0 Å². The van der Waals surface area contributed by atoms with Crippen LogP contribution in [0.25, 0.3) is 0 Å². The maximum Gasteiger partial charge on any atom is 0.339 e. The van der Waals surface area contributed by atoms with Crippen LogP contribution in [-0.2, 0) is 11.2 Å². The van der Waals surface area contributed by atoms with Crippen LogP contribution in [0, 0.1) is 11.3 Å². The number of hydrogen-bond acceptors (Lipinski definition) is 4. The second-order valence-electron chi connectivity index (χ2n) is 2.95. The fraction of sp³-hybridized carbons (Fsp3) is 0.273. The molecule has 0 radical (unpaired) electrons. The minimum atomic E-state index is -0.510. The van der Waals surface area contributed by atoms with Gasteiger partial charge in [-0.1, -0.05) is 13.0 Å². The van der Waals surface area contributed by atoms with Gasteiger partial charge >= 0.3 is 5.97 Å². The highest BCUT2D eigenvalue weighted by Crippen LogP contribution is 2.23. The molecule has 0 saturated carbocycles. The van der Waals surface area contributed by atoms with Crippen LogP contribution >= 0.6 is 12.6 Å². The number of methoxy groups -OCH3 is 1. The van der Waals surface area contributed by atoms with E-state index in [0.29, 0.717) is 4.90 Å². The molecule has 0 aliphatic rings. The second-order valence-corrected chi connectivity index (χ2v) is 3.40. The van der Waals surface area contributed by atoms with Crippen molar-refractivity contribution in [3.63, 3.8) is 0 Å². The van der Waals surface area contributed by atoms with E-state index in [1.165, 1.54) is 7.11 Å². The predicted octanol–water partition coefficient (Wildman–Crippen LogP) is 2.20. The average molecular weight is 221 g/mol. The van der Waals surface area contributed by atoms with Crippen LogP contribution < -0.4 is 0 Å². The fourth-order valence-corrected chi connectivity index (χ4v) is 1.72. The van der Waals surface area contributed by atoms with Crippen molar-refractivity contribution in [3.05, 3.63) is 28.8 Å². The van der Waals surface area contributed by atoms with Crippen LogP contribution in [-0.4, -0.2) is 13.1 Å². The Balaban J connectivity index is 3.39. The molecule has 0 N–H and O–H groups in total. The summed E-state index contributed by atoms with van der Waals surface area (Å²) in [6, 6.07) is 5.36. The van der Waals surface area contributed by atoms with Crippen LogP contribution in [0.4, 0.5) is 0 Å². The van der Waals surface area contributed by atoms with Gasteiger partial charge in [0, 0.05) is 4.90 Å². The van der Waals surface area contributed by atoms with Crippen molar-refractivity contribution in [2.24, 2.45) is 0 Å². The van der Waals surface area contributed by atoms with Crippen molar-refractivity contribution >= 4 is 18.6 Å². The largest absolute Gasteiger partial charge is 0.465 e.